The number of para-hydroxylation sites is 1. The van der Waals surface area contributed by atoms with Crippen molar-refractivity contribution in [2.24, 2.45) is 0 Å². The highest BCUT2D eigenvalue weighted by molar-refractivity contribution is 6.76. The second-order valence-electron chi connectivity index (χ2n) is 6.52. The molecule has 118 valence electrons. The third-order valence-electron chi connectivity index (χ3n) is 3.31. The Morgan fingerprint density at radius 3 is 2.73 bits per heavy atom. The summed E-state index contributed by atoms with van der Waals surface area (Å²) < 4.78 is 5.62. The van der Waals surface area contributed by atoms with E-state index in [1.807, 2.05) is 0 Å². The number of hydrogen-bond donors (Lipinski definition) is 2. The minimum Gasteiger partial charge on any atom is -0.398 e. The molecule has 6 heteroatoms. The maximum absolute atomic E-state index is 12.4. The van der Waals surface area contributed by atoms with Crippen molar-refractivity contribution in [2.45, 2.75) is 32.3 Å². The molecule has 5 nitrogen and oxygen atoms in total. The maximum Gasteiger partial charge on any atom is 0.212 e. The standard InChI is InChI=1S/C16H23N3O2Si/c1-22(2,3)9-8-21-11-15-18-10-14(19-15)16(20)12-6-4-5-7-13(12)17/h4-7,10H,8-9,11,17H2,1-3H3,(H,18,19). The van der Waals surface area contributed by atoms with E-state index in [1.165, 1.54) is 6.20 Å². The van der Waals surface area contributed by atoms with Crippen LogP contribution in [0.1, 0.15) is 21.9 Å². The molecule has 3 N–H and O–H groups in total. The molecule has 0 fully saturated rings. The van der Waals surface area contributed by atoms with Crippen molar-refractivity contribution in [3.8, 4) is 0 Å². The minimum atomic E-state index is -1.08. The van der Waals surface area contributed by atoms with Gasteiger partial charge in [-0.1, -0.05) is 31.8 Å². The minimum absolute atomic E-state index is 0.154. The fraction of sp³-hybridized carbons (Fsp3) is 0.375. The average Bonchev–Trinajstić information content (AvgIpc) is 2.91. The smallest absolute Gasteiger partial charge is 0.212 e. The van der Waals surface area contributed by atoms with Crippen molar-refractivity contribution < 1.29 is 9.53 Å². The predicted octanol–water partition coefficient (Wildman–Crippen LogP) is 3.08. The molecule has 0 atom stereocenters. The van der Waals surface area contributed by atoms with E-state index in [4.69, 9.17) is 10.5 Å². The van der Waals surface area contributed by atoms with Gasteiger partial charge >= 0.3 is 0 Å². The summed E-state index contributed by atoms with van der Waals surface area (Å²) in [6.07, 6.45) is 1.53. The van der Waals surface area contributed by atoms with Gasteiger partial charge in [0.05, 0.1) is 6.20 Å². The van der Waals surface area contributed by atoms with Crippen molar-refractivity contribution in [1.29, 1.82) is 0 Å². The first-order valence-corrected chi connectivity index (χ1v) is 11.1. The number of ketones is 1. The van der Waals surface area contributed by atoms with Crippen LogP contribution < -0.4 is 5.73 Å². The number of anilines is 1. The lowest BCUT2D eigenvalue weighted by Gasteiger charge is -2.14. The number of hydrogen-bond acceptors (Lipinski definition) is 4. The van der Waals surface area contributed by atoms with E-state index >= 15 is 0 Å². The van der Waals surface area contributed by atoms with Gasteiger partial charge in [0, 0.05) is 25.9 Å². The molecule has 0 aliphatic carbocycles. The number of carbonyl (C=O) groups excluding carboxylic acids is 1. The second-order valence-corrected chi connectivity index (χ2v) is 12.1. The number of carbonyl (C=O) groups is 1. The Kier molecular flexibility index (Phi) is 5.15. The molecular weight excluding hydrogens is 294 g/mol. The highest BCUT2D eigenvalue weighted by Gasteiger charge is 2.15. The first-order chi connectivity index (χ1) is 10.4. The predicted molar refractivity (Wildman–Crippen MR) is 90.7 cm³/mol. The molecule has 0 aliphatic rings. The molecule has 2 aromatic rings. The van der Waals surface area contributed by atoms with Crippen LogP contribution in [0.4, 0.5) is 5.69 Å². The molecule has 1 aromatic heterocycles. The summed E-state index contributed by atoms with van der Waals surface area (Å²) in [7, 11) is -1.08. The van der Waals surface area contributed by atoms with Crippen LogP contribution in [0.3, 0.4) is 0 Å². The van der Waals surface area contributed by atoms with Gasteiger partial charge in [-0.3, -0.25) is 4.79 Å². The quantitative estimate of drug-likeness (QED) is 0.356. The zero-order valence-electron chi connectivity index (χ0n) is 13.3. The van der Waals surface area contributed by atoms with Crippen molar-refractivity contribution >= 4 is 19.5 Å². The summed E-state index contributed by atoms with van der Waals surface area (Å²) in [4.78, 5) is 19.6. The van der Waals surface area contributed by atoms with E-state index in [-0.39, 0.29) is 5.78 Å². The van der Waals surface area contributed by atoms with Gasteiger partial charge in [-0.2, -0.15) is 0 Å². The molecule has 0 unspecified atom stereocenters. The zero-order valence-corrected chi connectivity index (χ0v) is 14.3. The van der Waals surface area contributed by atoms with Gasteiger partial charge in [0.2, 0.25) is 5.78 Å². The molecule has 0 saturated heterocycles. The number of imidazole rings is 1. The zero-order chi connectivity index (χ0) is 16.2. The first kappa shape index (κ1) is 16.4. The third kappa shape index (κ3) is 4.54. The van der Waals surface area contributed by atoms with Crippen molar-refractivity contribution in [3.05, 3.63) is 47.5 Å². The number of H-pyrrole nitrogens is 1. The van der Waals surface area contributed by atoms with Gasteiger partial charge in [0.1, 0.15) is 18.1 Å². The molecule has 0 bridgehead atoms. The van der Waals surface area contributed by atoms with E-state index in [2.05, 4.69) is 29.6 Å². The largest absolute Gasteiger partial charge is 0.398 e. The molecule has 0 saturated carbocycles. The Balaban J connectivity index is 1.94. The molecule has 22 heavy (non-hydrogen) atoms. The lowest BCUT2D eigenvalue weighted by Crippen LogP contribution is -2.21. The molecule has 1 aromatic carbocycles. The number of aromatic amines is 1. The molecule has 0 amide bonds. The Morgan fingerprint density at radius 1 is 1.32 bits per heavy atom. The molecule has 2 rings (SSSR count). The number of ether oxygens (including phenoxy) is 1. The Bertz CT molecular complexity index is 647. The molecule has 1 heterocycles. The number of nitrogens with two attached hydrogens (primary N) is 1. The summed E-state index contributed by atoms with van der Waals surface area (Å²) in [5.74, 6) is 0.507. The third-order valence-corrected chi connectivity index (χ3v) is 5.02. The lowest BCUT2D eigenvalue weighted by molar-refractivity contribution is 0.103. The van der Waals surface area contributed by atoms with Crippen molar-refractivity contribution in [2.75, 3.05) is 12.3 Å². The van der Waals surface area contributed by atoms with Crippen LogP contribution >= 0.6 is 0 Å². The molecule has 0 aliphatic heterocycles. The molecule has 0 spiro atoms. The van der Waals surface area contributed by atoms with E-state index in [9.17, 15) is 4.79 Å². The number of aromatic nitrogens is 2. The Hall–Kier alpha value is -1.92. The van der Waals surface area contributed by atoms with Crippen LogP contribution in [0.5, 0.6) is 0 Å². The summed E-state index contributed by atoms with van der Waals surface area (Å²) in [6.45, 7) is 8.05. The Labute approximate surface area is 131 Å². The maximum atomic E-state index is 12.4. The second kappa shape index (κ2) is 6.89. The van der Waals surface area contributed by atoms with Gasteiger partial charge in [-0.05, 0) is 18.2 Å². The molecular formula is C16H23N3O2Si. The van der Waals surface area contributed by atoms with E-state index in [1.54, 1.807) is 24.3 Å². The van der Waals surface area contributed by atoms with Gasteiger partial charge in [0.15, 0.2) is 0 Å². The highest BCUT2D eigenvalue weighted by Crippen LogP contribution is 2.15. The number of nitrogens with zero attached hydrogens (tertiary/aromatic N) is 1. The van der Waals surface area contributed by atoms with Crippen LogP contribution in [-0.4, -0.2) is 30.4 Å². The van der Waals surface area contributed by atoms with Crippen LogP contribution in [-0.2, 0) is 11.3 Å². The number of nitrogens with one attached hydrogen (secondary N) is 1. The number of rotatable bonds is 7. The first-order valence-electron chi connectivity index (χ1n) is 7.38. The van der Waals surface area contributed by atoms with Gasteiger partial charge < -0.3 is 15.5 Å². The lowest BCUT2D eigenvalue weighted by atomic mass is 10.1. The van der Waals surface area contributed by atoms with Crippen LogP contribution in [0.15, 0.2) is 30.5 Å². The van der Waals surface area contributed by atoms with Crippen molar-refractivity contribution in [1.82, 2.24) is 9.97 Å². The molecule has 0 radical (unpaired) electrons. The van der Waals surface area contributed by atoms with E-state index in [0.717, 1.165) is 12.7 Å². The van der Waals surface area contributed by atoms with Gasteiger partial charge in [-0.25, -0.2) is 4.98 Å². The summed E-state index contributed by atoms with van der Waals surface area (Å²) in [5.41, 5.74) is 7.21. The van der Waals surface area contributed by atoms with Gasteiger partial charge in [-0.15, -0.1) is 0 Å². The van der Waals surface area contributed by atoms with Crippen LogP contribution in [0, 0.1) is 0 Å². The van der Waals surface area contributed by atoms with Crippen LogP contribution in [0.25, 0.3) is 0 Å². The summed E-state index contributed by atoms with van der Waals surface area (Å²) in [5, 5.41) is 0. The normalized spacial score (nSPS) is 11.6. The fourth-order valence-corrected chi connectivity index (χ4v) is 2.70. The van der Waals surface area contributed by atoms with Crippen LogP contribution in [0.2, 0.25) is 25.7 Å². The number of nitrogen functional groups attached to an aromatic ring is 1. The SMILES string of the molecule is C[Si](C)(C)CCOCc1ncc(C(=O)c2ccccc2N)[nH]1. The van der Waals surface area contributed by atoms with Crippen molar-refractivity contribution in [3.63, 3.8) is 0 Å². The van der Waals surface area contributed by atoms with Gasteiger partial charge in [0.25, 0.3) is 0 Å². The fourth-order valence-electron chi connectivity index (χ4n) is 1.95. The Morgan fingerprint density at radius 2 is 2.05 bits per heavy atom. The topological polar surface area (TPSA) is 81.0 Å². The van der Waals surface area contributed by atoms with E-state index in [0.29, 0.717) is 29.4 Å². The van der Waals surface area contributed by atoms with E-state index < -0.39 is 8.07 Å². The summed E-state index contributed by atoms with van der Waals surface area (Å²) in [6, 6.07) is 8.13. The highest BCUT2D eigenvalue weighted by atomic mass is 28.3. The number of benzene rings is 1. The summed E-state index contributed by atoms with van der Waals surface area (Å²) >= 11 is 0. The average molecular weight is 317 g/mol. The monoisotopic (exact) mass is 317 g/mol.